The zero-order valence-corrected chi connectivity index (χ0v) is 10.1. The first kappa shape index (κ1) is 12.5. The second-order valence-electron chi connectivity index (χ2n) is 4.41. The first-order valence-corrected chi connectivity index (χ1v) is 5.41. The molecule has 0 aromatic carbocycles. The van der Waals surface area contributed by atoms with E-state index in [1.54, 1.807) is 0 Å². The van der Waals surface area contributed by atoms with Gasteiger partial charge in [-0.15, -0.1) is 0 Å². The van der Waals surface area contributed by atoms with E-state index in [9.17, 15) is 4.79 Å². The first-order valence-electron chi connectivity index (χ1n) is 5.41. The van der Waals surface area contributed by atoms with Crippen molar-refractivity contribution in [3.8, 4) is 0 Å². The molecule has 0 radical (unpaired) electrons. The predicted molar refractivity (Wildman–Crippen MR) is 57.7 cm³/mol. The molecule has 1 aliphatic rings. The van der Waals surface area contributed by atoms with E-state index in [1.807, 2.05) is 14.1 Å². The van der Waals surface area contributed by atoms with E-state index in [1.165, 1.54) is 7.11 Å². The summed E-state index contributed by atoms with van der Waals surface area (Å²) in [7, 11) is 5.45. The van der Waals surface area contributed by atoms with Crippen LogP contribution in [0, 0.1) is 5.41 Å². The topological polar surface area (TPSA) is 38.8 Å². The van der Waals surface area contributed by atoms with Gasteiger partial charge in [-0.1, -0.05) is 13.3 Å². The van der Waals surface area contributed by atoms with Gasteiger partial charge >= 0.3 is 5.97 Å². The van der Waals surface area contributed by atoms with Gasteiger partial charge in [-0.05, 0) is 20.5 Å². The van der Waals surface area contributed by atoms with Crippen LogP contribution in [0.15, 0.2) is 0 Å². The number of carbonyl (C=O) groups excluding carboxylic acids is 1. The van der Waals surface area contributed by atoms with Crippen molar-refractivity contribution in [1.82, 2.24) is 4.90 Å². The molecule has 1 fully saturated rings. The van der Waals surface area contributed by atoms with Crippen LogP contribution in [-0.2, 0) is 14.3 Å². The van der Waals surface area contributed by atoms with E-state index in [4.69, 9.17) is 9.47 Å². The van der Waals surface area contributed by atoms with Gasteiger partial charge in [-0.25, -0.2) is 0 Å². The molecule has 1 heterocycles. The first-order chi connectivity index (χ1) is 7.08. The lowest BCUT2D eigenvalue weighted by Crippen LogP contribution is -2.61. The molecule has 0 amide bonds. The molecule has 1 saturated heterocycles. The number of hydrogen-bond acceptors (Lipinski definition) is 4. The Morgan fingerprint density at radius 3 is 2.40 bits per heavy atom. The lowest BCUT2D eigenvalue weighted by atomic mass is 9.75. The van der Waals surface area contributed by atoms with Crippen molar-refractivity contribution in [1.29, 1.82) is 0 Å². The van der Waals surface area contributed by atoms with Crippen LogP contribution in [0.4, 0.5) is 0 Å². The molecule has 0 aliphatic carbocycles. The summed E-state index contributed by atoms with van der Waals surface area (Å²) in [5, 5.41) is 0. The molecule has 0 aromatic heterocycles. The summed E-state index contributed by atoms with van der Waals surface area (Å²) < 4.78 is 10.1. The van der Waals surface area contributed by atoms with E-state index in [-0.39, 0.29) is 12.0 Å². The van der Waals surface area contributed by atoms with Crippen LogP contribution < -0.4 is 0 Å². The average Bonchev–Trinajstić information content (AvgIpc) is 2.14. The number of methoxy groups -OCH3 is 1. The fourth-order valence-corrected chi connectivity index (χ4v) is 2.27. The largest absolute Gasteiger partial charge is 0.468 e. The van der Waals surface area contributed by atoms with E-state index >= 15 is 0 Å². The van der Waals surface area contributed by atoms with Gasteiger partial charge in [-0.2, -0.15) is 0 Å². The molecule has 1 unspecified atom stereocenters. The van der Waals surface area contributed by atoms with Crippen LogP contribution in [0.25, 0.3) is 0 Å². The van der Waals surface area contributed by atoms with Crippen LogP contribution >= 0.6 is 0 Å². The van der Waals surface area contributed by atoms with Crippen molar-refractivity contribution in [2.45, 2.75) is 25.8 Å². The summed E-state index contributed by atoms with van der Waals surface area (Å²) in [6, 6.07) is 0.212. The highest BCUT2D eigenvalue weighted by Crippen LogP contribution is 2.37. The summed E-state index contributed by atoms with van der Waals surface area (Å²) in [5.41, 5.74) is -0.436. The van der Waals surface area contributed by atoms with Crippen LogP contribution in [0.1, 0.15) is 19.8 Å². The molecular formula is C11H21NO3. The molecule has 1 rings (SSSR count). The molecule has 4 heteroatoms. The average molecular weight is 215 g/mol. The van der Waals surface area contributed by atoms with Crippen LogP contribution in [-0.4, -0.2) is 51.3 Å². The normalized spacial score (nSPS) is 20.9. The smallest absolute Gasteiger partial charge is 0.318 e. The van der Waals surface area contributed by atoms with Crippen molar-refractivity contribution < 1.29 is 14.3 Å². The monoisotopic (exact) mass is 215 g/mol. The third-order valence-electron chi connectivity index (χ3n) is 3.13. The standard InChI is InChI=1S/C11H21NO3/c1-5-6-9(12(2)3)11(7-15-8-11)10(13)14-4/h9H,5-8H2,1-4H3. The maximum atomic E-state index is 11.8. The molecule has 0 aromatic rings. The Morgan fingerprint density at radius 1 is 1.53 bits per heavy atom. The van der Waals surface area contributed by atoms with Gasteiger partial charge in [-0.3, -0.25) is 4.79 Å². The van der Waals surface area contributed by atoms with Crippen molar-refractivity contribution in [3.05, 3.63) is 0 Å². The maximum absolute atomic E-state index is 11.8. The van der Waals surface area contributed by atoms with E-state index in [0.29, 0.717) is 13.2 Å². The summed E-state index contributed by atoms with van der Waals surface area (Å²) in [4.78, 5) is 13.9. The number of carbonyl (C=O) groups is 1. The summed E-state index contributed by atoms with van der Waals surface area (Å²) in [6.07, 6.45) is 2.05. The Labute approximate surface area is 91.5 Å². The highest BCUT2D eigenvalue weighted by atomic mass is 16.5. The fraction of sp³-hybridized carbons (Fsp3) is 0.909. The van der Waals surface area contributed by atoms with E-state index in [0.717, 1.165) is 12.8 Å². The van der Waals surface area contributed by atoms with Gasteiger partial charge in [0, 0.05) is 6.04 Å². The van der Waals surface area contributed by atoms with Crippen LogP contribution in [0.5, 0.6) is 0 Å². The summed E-state index contributed by atoms with van der Waals surface area (Å²) in [6.45, 7) is 3.10. The quantitative estimate of drug-likeness (QED) is 0.639. The third kappa shape index (κ3) is 2.16. The Bertz CT molecular complexity index is 224. The second-order valence-corrected chi connectivity index (χ2v) is 4.41. The third-order valence-corrected chi connectivity index (χ3v) is 3.13. The highest BCUT2D eigenvalue weighted by Gasteiger charge is 2.53. The minimum Gasteiger partial charge on any atom is -0.468 e. The van der Waals surface area contributed by atoms with Gasteiger partial charge in [0.25, 0.3) is 0 Å². The number of rotatable bonds is 5. The lowest BCUT2D eigenvalue weighted by molar-refractivity contribution is -0.196. The number of esters is 1. The number of ether oxygens (including phenoxy) is 2. The Morgan fingerprint density at radius 2 is 2.13 bits per heavy atom. The SMILES string of the molecule is CCCC(N(C)C)C1(C(=O)OC)COC1. The van der Waals surface area contributed by atoms with Gasteiger partial charge in [0.15, 0.2) is 0 Å². The predicted octanol–water partition coefficient (Wildman–Crippen LogP) is 0.906. The lowest BCUT2D eigenvalue weighted by Gasteiger charge is -2.47. The van der Waals surface area contributed by atoms with Crippen molar-refractivity contribution in [2.24, 2.45) is 5.41 Å². The Kier molecular flexibility index (Phi) is 4.11. The van der Waals surface area contributed by atoms with Gasteiger partial charge in [0.1, 0.15) is 5.41 Å². The maximum Gasteiger partial charge on any atom is 0.318 e. The molecule has 15 heavy (non-hydrogen) atoms. The zero-order valence-electron chi connectivity index (χ0n) is 10.1. The van der Waals surface area contributed by atoms with Crippen molar-refractivity contribution in [2.75, 3.05) is 34.4 Å². The van der Waals surface area contributed by atoms with Gasteiger partial charge in [0.2, 0.25) is 0 Å². The van der Waals surface area contributed by atoms with Crippen LogP contribution in [0.2, 0.25) is 0 Å². The number of hydrogen-bond donors (Lipinski definition) is 0. The van der Waals surface area contributed by atoms with E-state index < -0.39 is 5.41 Å². The minimum absolute atomic E-state index is 0.138. The molecular weight excluding hydrogens is 194 g/mol. The molecule has 0 N–H and O–H groups in total. The molecule has 0 bridgehead atoms. The van der Waals surface area contributed by atoms with Crippen molar-refractivity contribution >= 4 is 5.97 Å². The molecule has 1 atom stereocenters. The molecule has 88 valence electrons. The Hall–Kier alpha value is -0.610. The molecule has 0 spiro atoms. The summed E-state index contributed by atoms with van der Waals surface area (Å²) in [5.74, 6) is -0.138. The van der Waals surface area contributed by atoms with Crippen molar-refractivity contribution in [3.63, 3.8) is 0 Å². The Balaban J connectivity index is 2.81. The second kappa shape index (κ2) is 4.94. The van der Waals surface area contributed by atoms with Gasteiger partial charge < -0.3 is 14.4 Å². The summed E-state index contributed by atoms with van der Waals surface area (Å²) >= 11 is 0. The molecule has 4 nitrogen and oxygen atoms in total. The van der Waals surface area contributed by atoms with E-state index in [2.05, 4.69) is 11.8 Å². The number of nitrogens with zero attached hydrogens (tertiary/aromatic N) is 1. The molecule has 1 aliphatic heterocycles. The highest BCUT2D eigenvalue weighted by molar-refractivity contribution is 5.79. The zero-order chi connectivity index (χ0) is 11.5. The molecule has 0 saturated carbocycles. The van der Waals surface area contributed by atoms with Gasteiger partial charge in [0.05, 0.1) is 20.3 Å². The van der Waals surface area contributed by atoms with Crippen LogP contribution in [0.3, 0.4) is 0 Å². The fourth-order valence-electron chi connectivity index (χ4n) is 2.27. The minimum atomic E-state index is -0.436.